The lowest BCUT2D eigenvalue weighted by atomic mass is 10.0. The summed E-state index contributed by atoms with van der Waals surface area (Å²) in [5, 5.41) is 1.07. The number of hydrogen-bond donors (Lipinski definition) is 0. The van der Waals surface area contributed by atoms with E-state index in [1.54, 1.807) is 6.07 Å². The third kappa shape index (κ3) is 2.87. The zero-order valence-electron chi connectivity index (χ0n) is 13.0. The molecule has 0 saturated carbocycles. The van der Waals surface area contributed by atoms with Gasteiger partial charge in [-0.1, -0.05) is 12.1 Å². The van der Waals surface area contributed by atoms with Gasteiger partial charge in [-0.15, -0.1) is 0 Å². The lowest BCUT2D eigenvalue weighted by Gasteiger charge is -2.32. The Bertz CT molecular complexity index is 713. The number of rotatable bonds is 2. The zero-order chi connectivity index (χ0) is 15.0. The van der Waals surface area contributed by atoms with Crippen LogP contribution in [0.15, 0.2) is 27.4 Å². The Morgan fingerprint density at radius 2 is 1.86 bits per heavy atom. The molecule has 0 unspecified atom stereocenters. The summed E-state index contributed by atoms with van der Waals surface area (Å²) in [6.07, 6.45) is 0. The Kier molecular flexibility index (Phi) is 3.83. The molecule has 21 heavy (non-hydrogen) atoms. The summed E-state index contributed by atoms with van der Waals surface area (Å²) in [7, 11) is 2.15. The number of piperazine rings is 1. The van der Waals surface area contributed by atoms with Crippen LogP contribution in [0.4, 0.5) is 0 Å². The molecular weight excluding hydrogens is 264 g/mol. The average Bonchev–Trinajstić information content (AvgIpc) is 2.46. The monoisotopic (exact) mass is 286 g/mol. The van der Waals surface area contributed by atoms with E-state index in [1.165, 1.54) is 0 Å². The normalized spacial score (nSPS) is 17.5. The van der Waals surface area contributed by atoms with Gasteiger partial charge in [0.1, 0.15) is 5.58 Å². The summed E-state index contributed by atoms with van der Waals surface area (Å²) < 4.78 is 5.44. The molecule has 0 radical (unpaired) electrons. The van der Waals surface area contributed by atoms with Gasteiger partial charge in [-0.3, -0.25) is 4.90 Å². The highest BCUT2D eigenvalue weighted by Gasteiger charge is 2.16. The molecule has 2 heterocycles. The van der Waals surface area contributed by atoms with Crippen LogP contribution < -0.4 is 5.63 Å². The second-order valence-electron chi connectivity index (χ2n) is 6.05. The maximum absolute atomic E-state index is 11.9. The minimum absolute atomic E-state index is 0.250. The number of hydrogen-bond acceptors (Lipinski definition) is 4. The molecule has 0 atom stereocenters. The third-order valence-corrected chi connectivity index (χ3v) is 4.51. The van der Waals surface area contributed by atoms with Gasteiger partial charge in [0, 0.05) is 44.2 Å². The Hall–Kier alpha value is -1.65. The number of aryl methyl sites for hydroxylation is 2. The van der Waals surface area contributed by atoms with Crippen molar-refractivity contribution in [2.45, 2.75) is 20.4 Å². The van der Waals surface area contributed by atoms with Gasteiger partial charge in [-0.25, -0.2) is 4.79 Å². The van der Waals surface area contributed by atoms with Crippen molar-refractivity contribution in [3.05, 3.63) is 45.3 Å². The average molecular weight is 286 g/mol. The van der Waals surface area contributed by atoms with Gasteiger partial charge < -0.3 is 9.32 Å². The standard InChI is InChI=1S/C17H22N2O2/c1-12-4-5-15-14(10-16(20)21-17(15)13(12)2)11-19-8-6-18(3)7-9-19/h4-5,10H,6-9,11H2,1-3H3. The van der Waals surface area contributed by atoms with Crippen LogP contribution >= 0.6 is 0 Å². The fourth-order valence-electron chi connectivity index (χ4n) is 2.90. The van der Waals surface area contributed by atoms with Crippen LogP contribution in [-0.2, 0) is 6.54 Å². The third-order valence-electron chi connectivity index (χ3n) is 4.51. The van der Waals surface area contributed by atoms with E-state index in [4.69, 9.17) is 4.42 Å². The molecule has 1 aliphatic rings. The summed E-state index contributed by atoms with van der Waals surface area (Å²) >= 11 is 0. The van der Waals surface area contributed by atoms with E-state index < -0.39 is 0 Å². The molecule has 0 amide bonds. The Labute approximate surface area is 125 Å². The first-order valence-corrected chi connectivity index (χ1v) is 7.48. The second-order valence-corrected chi connectivity index (χ2v) is 6.05. The lowest BCUT2D eigenvalue weighted by molar-refractivity contribution is 0.148. The number of fused-ring (bicyclic) bond motifs is 1. The fourth-order valence-corrected chi connectivity index (χ4v) is 2.90. The largest absolute Gasteiger partial charge is 0.422 e. The first kappa shape index (κ1) is 14.3. The van der Waals surface area contributed by atoms with Crippen molar-refractivity contribution in [1.82, 2.24) is 9.80 Å². The van der Waals surface area contributed by atoms with Gasteiger partial charge in [0.15, 0.2) is 0 Å². The molecule has 1 aromatic carbocycles. The van der Waals surface area contributed by atoms with Gasteiger partial charge >= 0.3 is 5.63 Å². The first-order chi connectivity index (χ1) is 10.0. The van der Waals surface area contributed by atoms with Gasteiger partial charge in [-0.2, -0.15) is 0 Å². The van der Waals surface area contributed by atoms with Crippen LogP contribution in [-0.4, -0.2) is 43.0 Å². The van der Waals surface area contributed by atoms with Crippen molar-refractivity contribution in [3.8, 4) is 0 Å². The fraction of sp³-hybridized carbons (Fsp3) is 0.471. The molecule has 1 saturated heterocycles. The van der Waals surface area contributed by atoms with E-state index in [9.17, 15) is 4.79 Å². The molecule has 0 spiro atoms. The molecule has 0 bridgehead atoms. The Morgan fingerprint density at radius 3 is 2.57 bits per heavy atom. The van der Waals surface area contributed by atoms with Gasteiger partial charge in [0.25, 0.3) is 0 Å². The number of likely N-dealkylation sites (N-methyl/N-ethyl adjacent to an activating group) is 1. The predicted octanol–water partition coefficient (Wildman–Crippen LogP) is 2.16. The minimum atomic E-state index is -0.250. The molecule has 2 aromatic rings. The SMILES string of the molecule is Cc1ccc2c(CN3CCN(C)CC3)cc(=O)oc2c1C. The topological polar surface area (TPSA) is 36.7 Å². The summed E-state index contributed by atoms with van der Waals surface area (Å²) in [5.74, 6) is 0. The zero-order valence-corrected chi connectivity index (χ0v) is 13.0. The quantitative estimate of drug-likeness (QED) is 0.793. The summed E-state index contributed by atoms with van der Waals surface area (Å²) in [6, 6.07) is 5.83. The van der Waals surface area contributed by atoms with E-state index in [0.717, 1.165) is 60.4 Å². The predicted molar refractivity (Wildman–Crippen MR) is 84.7 cm³/mol. The highest BCUT2D eigenvalue weighted by Crippen LogP contribution is 2.24. The van der Waals surface area contributed by atoms with Gasteiger partial charge in [0.2, 0.25) is 0 Å². The second kappa shape index (κ2) is 5.62. The molecule has 1 aliphatic heterocycles. The highest BCUT2D eigenvalue weighted by atomic mass is 16.4. The van der Waals surface area contributed by atoms with Crippen LogP contribution in [0.2, 0.25) is 0 Å². The molecule has 112 valence electrons. The van der Waals surface area contributed by atoms with Crippen LogP contribution in [0.25, 0.3) is 11.0 Å². The smallest absolute Gasteiger partial charge is 0.336 e. The maximum Gasteiger partial charge on any atom is 0.336 e. The number of nitrogens with zero attached hydrogens (tertiary/aromatic N) is 2. The van der Waals surface area contributed by atoms with E-state index in [1.807, 2.05) is 13.8 Å². The van der Waals surface area contributed by atoms with Crippen molar-refractivity contribution >= 4 is 11.0 Å². The summed E-state index contributed by atoms with van der Waals surface area (Å²) in [4.78, 5) is 16.6. The lowest BCUT2D eigenvalue weighted by Crippen LogP contribution is -2.43. The summed E-state index contributed by atoms with van der Waals surface area (Å²) in [6.45, 7) is 9.13. The van der Waals surface area contributed by atoms with E-state index in [-0.39, 0.29) is 5.63 Å². The molecule has 0 aliphatic carbocycles. The van der Waals surface area contributed by atoms with Gasteiger partial charge in [-0.05, 0) is 37.6 Å². The minimum Gasteiger partial charge on any atom is -0.422 e. The molecule has 1 fully saturated rings. The van der Waals surface area contributed by atoms with Crippen LogP contribution in [0.5, 0.6) is 0 Å². The van der Waals surface area contributed by atoms with E-state index in [0.29, 0.717) is 0 Å². The van der Waals surface area contributed by atoms with Crippen LogP contribution in [0.3, 0.4) is 0 Å². The van der Waals surface area contributed by atoms with Crippen molar-refractivity contribution in [2.75, 3.05) is 33.2 Å². The highest BCUT2D eigenvalue weighted by molar-refractivity contribution is 5.83. The van der Waals surface area contributed by atoms with E-state index in [2.05, 4.69) is 29.0 Å². The van der Waals surface area contributed by atoms with Crippen molar-refractivity contribution in [1.29, 1.82) is 0 Å². The molecule has 4 heteroatoms. The maximum atomic E-state index is 11.9. The van der Waals surface area contributed by atoms with Crippen LogP contribution in [0, 0.1) is 13.8 Å². The molecular formula is C17H22N2O2. The Balaban J connectivity index is 1.98. The van der Waals surface area contributed by atoms with Crippen molar-refractivity contribution in [2.24, 2.45) is 0 Å². The molecule has 0 N–H and O–H groups in total. The first-order valence-electron chi connectivity index (χ1n) is 7.48. The molecule has 3 rings (SSSR count). The van der Waals surface area contributed by atoms with E-state index >= 15 is 0 Å². The van der Waals surface area contributed by atoms with Crippen LogP contribution in [0.1, 0.15) is 16.7 Å². The van der Waals surface area contributed by atoms with Crippen molar-refractivity contribution in [3.63, 3.8) is 0 Å². The van der Waals surface area contributed by atoms with Crippen molar-refractivity contribution < 1.29 is 4.42 Å². The number of benzene rings is 1. The molecule has 1 aromatic heterocycles. The van der Waals surface area contributed by atoms with Gasteiger partial charge in [0.05, 0.1) is 0 Å². The Morgan fingerprint density at radius 1 is 1.14 bits per heavy atom. The summed E-state index contributed by atoms with van der Waals surface area (Å²) in [5.41, 5.74) is 3.79. The molecule has 4 nitrogen and oxygen atoms in total.